The molecule has 0 radical (unpaired) electrons. The second kappa shape index (κ2) is 4.78. The summed E-state index contributed by atoms with van der Waals surface area (Å²) in [5.41, 5.74) is 4.83. The topological polar surface area (TPSA) is 113 Å². The van der Waals surface area contributed by atoms with Gasteiger partial charge in [-0.3, -0.25) is 0 Å². The average Bonchev–Trinajstić information content (AvgIpc) is 2.18. The van der Waals surface area contributed by atoms with Crippen LogP contribution < -0.4 is 5.73 Å². The van der Waals surface area contributed by atoms with E-state index in [4.69, 9.17) is 10.8 Å². The lowest BCUT2D eigenvalue weighted by Crippen LogP contribution is -2.53. The van der Waals surface area contributed by atoms with Crippen LogP contribution in [0.1, 0.15) is 13.3 Å². The van der Waals surface area contributed by atoms with Gasteiger partial charge in [0.1, 0.15) is 0 Å². The number of primary amides is 1. The highest BCUT2D eigenvalue weighted by Crippen LogP contribution is 2.31. The Hall–Kier alpha value is -0.850. The molecular weight excluding hydrogens is 202 g/mol. The van der Waals surface area contributed by atoms with Crippen molar-refractivity contribution >= 4 is 6.09 Å². The molecule has 0 heterocycles. The van der Waals surface area contributed by atoms with Crippen molar-refractivity contribution in [1.29, 1.82) is 0 Å². The maximum atomic E-state index is 10.6. The van der Waals surface area contributed by atoms with E-state index in [-0.39, 0.29) is 12.5 Å². The SMILES string of the molecule is CC1C[C@@H](CO)[C@@H](O)[C@H](OC(N)=O)[C@@H]1O. The number of carbonyl (C=O) groups excluding carboxylic acids is 1. The molecule has 0 aromatic rings. The van der Waals surface area contributed by atoms with Crippen molar-refractivity contribution in [3.8, 4) is 0 Å². The van der Waals surface area contributed by atoms with Crippen LogP contribution in [0.2, 0.25) is 0 Å². The predicted molar refractivity (Wildman–Crippen MR) is 50.8 cm³/mol. The number of hydrogen-bond donors (Lipinski definition) is 4. The van der Waals surface area contributed by atoms with Gasteiger partial charge in [-0.25, -0.2) is 4.79 Å². The lowest BCUT2D eigenvalue weighted by Gasteiger charge is -2.40. The number of rotatable bonds is 2. The fraction of sp³-hybridized carbons (Fsp3) is 0.889. The van der Waals surface area contributed by atoms with Crippen molar-refractivity contribution in [2.75, 3.05) is 6.61 Å². The number of aliphatic hydroxyl groups excluding tert-OH is 3. The van der Waals surface area contributed by atoms with Gasteiger partial charge < -0.3 is 25.8 Å². The summed E-state index contributed by atoms with van der Waals surface area (Å²) in [5, 5.41) is 28.4. The number of aliphatic hydroxyl groups is 3. The second-order valence-electron chi connectivity index (χ2n) is 4.04. The van der Waals surface area contributed by atoms with E-state index in [9.17, 15) is 15.0 Å². The molecule has 0 saturated heterocycles. The fourth-order valence-corrected chi connectivity index (χ4v) is 2.01. The smallest absolute Gasteiger partial charge is 0.404 e. The van der Waals surface area contributed by atoms with Gasteiger partial charge in [-0.1, -0.05) is 6.92 Å². The first-order chi connectivity index (χ1) is 6.97. The van der Waals surface area contributed by atoms with E-state index in [0.717, 1.165) is 0 Å². The van der Waals surface area contributed by atoms with Gasteiger partial charge in [-0.2, -0.15) is 0 Å². The van der Waals surface area contributed by atoms with E-state index in [1.54, 1.807) is 6.92 Å². The maximum absolute atomic E-state index is 10.6. The first kappa shape index (κ1) is 12.2. The minimum absolute atomic E-state index is 0.158. The Labute approximate surface area is 87.7 Å². The number of hydrogen-bond acceptors (Lipinski definition) is 5. The van der Waals surface area contributed by atoms with E-state index >= 15 is 0 Å². The van der Waals surface area contributed by atoms with Gasteiger partial charge >= 0.3 is 6.09 Å². The quantitative estimate of drug-likeness (QED) is 0.467. The van der Waals surface area contributed by atoms with Crippen LogP contribution in [0.5, 0.6) is 0 Å². The minimum atomic E-state index is -1.08. The molecule has 6 nitrogen and oxygen atoms in total. The first-order valence-electron chi connectivity index (χ1n) is 4.90. The van der Waals surface area contributed by atoms with Crippen LogP contribution in [0.25, 0.3) is 0 Å². The van der Waals surface area contributed by atoms with Crippen molar-refractivity contribution in [2.45, 2.75) is 31.7 Å². The normalized spacial score (nSPS) is 41.2. The molecule has 1 aliphatic rings. The predicted octanol–water partition coefficient (Wildman–Crippen LogP) is -1.18. The summed E-state index contributed by atoms with van der Waals surface area (Å²) < 4.78 is 4.65. The largest absolute Gasteiger partial charge is 0.441 e. The molecule has 0 spiro atoms. The fourth-order valence-electron chi connectivity index (χ4n) is 2.01. The van der Waals surface area contributed by atoms with E-state index in [0.29, 0.717) is 6.42 Å². The molecule has 1 rings (SSSR count). The summed E-state index contributed by atoms with van der Waals surface area (Å²) in [4.78, 5) is 10.6. The van der Waals surface area contributed by atoms with Crippen LogP contribution in [0.4, 0.5) is 4.79 Å². The highest BCUT2D eigenvalue weighted by atomic mass is 16.6. The molecule has 88 valence electrons. The van der Waals surface area contributed by atoms with Crippen LogP contribution in [0.3, 0.4) is 0 Å². The van der Waals surface area contributed by atoms with Gasteiger partial charge in [-0.15, -0.1) is 0 Å². The van der Waals surface area contributed by atoms with Gasteiger partial charge in [0, 0.05) is 12.5 Å². The van der Waals surface area contributed by atoms with Gasteiger partial charge in [0.2, 0.25) is 0 Å². The zero-order valence-electron chi connectivity index (χ0n) is 8.54. The van der Waals surface area contributed by atoms with E-state index in [1.165, 1.54) is 0 Å². The van der Waals surface area contributed by atoms with E-state index in [2.05, 4.69) is 4.74 Å². The average molecular weight is 219 g/mol. The van der Waals surface area contributed by atoms with Gasteiger partial charge in [-0.05, 0) is 12.3 Å². The summed E-state index contributed by atoms with van der Waals surface area (Å²) in [5.74, 6) is -0.553. The number of amides is 1. The summed E-state index contributed by atoms with van der Waals surface area (Å²) in [6.07, 6.45) is -3.63. The standard InChI is InChI=1S/C9H17NO5/c1-4-2-5(3-11)7(13)8(6(4)12)15-9(10)14/h4-8,11-13H,2-3H2,1H3,(H2,10,14)/t4?,5-,6+,7+,8+/m0/s1. The minimum Gasteiger partial charge on any atom is -0.441 e. The lowest BCUT2D eigenvalue weighted by molar-refractivity contribution is -0.138. The molecule has 5 N–H and O–H groups in total. The van der Waals surface area contributed by atoms with Crippen LogP contribution in [0, 0.1) is 11.8 Å². The monoisotopic (exact) mass is 219 g/mol. The van der Waals surface area contributed by atoms with Gasteiger partial charge in [0.15, 0.2) is 6.10 Å². The molecule has 1 aliphatic carbocycles. The third kappa shape index (κ3) is 2.58. The zero-order valence-corrected chi connectivity index (χ0v) is 8.54. The Balaban J connectivity index is 2.74. The van der Waals surface area contributed by atoms with Gasteiger partial charge in [0.25, 0.3) is 0 Å². The van der Waals surface area contributed by atoms with Crippen molar-refractivity contribution in [3.63, 3.8) is 0 Å². The molecule has 1 amide bonds. The first-order valence-corrected chi connectivity index (χ1v) is 4.90. The van der Waals surface area contributed by atoms with Crippen molar-refractivity contribution < 1.29 is 24.9 Å². The number of nitrogens with two attached hydrogens (primary N) is 1. The van der Waals surface area contributed by atoms with E-state index in [1.807, 2.05) is 0 Å². The van der Waals surface area contributed by atoms with Crippen LogP contribution >= 0.6 is 0 Å². The van der Waals surface area contributed by atoms with E-state index < -0.39 is 30.3 Å². The lowest BCUT2D eigenvalue weighted by atomic mass is 9.77. The van der Waals surface area contributed by atoms with Crippen LogP contribution in [-0.4, -0.2) is 46.3 Å². The molecule has 0 aromatic heterocycles. The summed E-state index contributed by atoms with van der Waals surface area (Å²) in [6, 6.07) is 0. The number of carbonyl (C=O) groups is 1. The van der Waals surface area contributed by atoms with Crippen molar-refractivity contribution in [2.24, 2.45) is 17.6 Å². The Morgan fingerprint density at radius 3 is 2.53 bits per heavy atom. The molecule has 0 aliphatic heterocycles. The second-order valence-corrected chi connectivity index (χ2v) is 4.04. The van der Waals surface area contributed by atoms with Gasteiger partial charge in [0.05, 0.1) is 12.2 Å². The summed E-state index contributed by atoms with van der Waals surface area (Å²) >= 11 is 0. The van der Waals surface area contributed by atoms with Crippen LogP contribution in [0.15, 0.2) is 0 Å². The number of ether oxygens (including phenoxy) is 1. The molecule has 6 heteroatoms. The third-order valence-corrected chi connectivity index (χ3v) is 2.90. The molecular formula is C9H17NO5. The Kier molecular flexibility index (Phi) is 3.90. The molecule has 15 heavy (non-hydrogen) atoms. The highest BCUT2D eigenvalue weighted by molar-refractivity contribution is 5.65. The summed E-state index contributed by atoms with van der Waals surface area (Å²) in [6.45, 7) is 1.55. The molecule has 1 saturated carbocycles. The maximum Gasteiger partial charge on any atom is 0.404 e. The molecule has 0 bridgehead atoms. The Morgan fingerprint density at radius 2 is 2.07 bits per heavy atom. The molecule has 0 aromatic carbocycles. The summed E-state index contributed by atoms with van der Waals surface area (Å²) in [7, 11) is 0. The third-order valence-electron chi connectivity index (χ3n) is 2.90. The zero-order chi connectivity index (χ0) is 11.6. The molecule has 1 unspecified atom stereocenters. The highest BCUT2D eigenvalue weighted by Gasteiger charge is 2.43. The Bertz CT molecular complexity index is 235. The van der Waals surface area contributed by atoms with Crippen LogP contribution in [-0.2, 0) is 4.74 Å². The Morgan fingerprint density at radius 1 is 1.47 bits per heavy atom. The molecule has 1 fully saturated rings. The van der Waals surface area contributed by atoms with Crippen molar-refractivity contribution in [3.05, 3.63) is 0 Å². The van der Waals surface area contributed by atoms with Crippen molar-refractivity contribution in [1.82, 2.24) is 0 Å². The molecule has 5 atom stereocenters.